The molecule has 3 aliphatic rings. The average molecular weight is 245 g/mol. The van der Waals surface area contributed by atoms with Gasteiger partial charge in [-0.15, -0.1) is 0 Å². The Hall–Kier alpha value is -0.890. The topological polar surface area (TPSA) is 26.0 Å². The number of aryl methyl sites for hydroxylation is 1. The van der Waals surface area contributed by atoms with Crippen molar-refractivity contribution in [2.24, 2.45) is 35.3 Å². The van der Waals surface area contributed by atoms with Crippen LogP contribution in [-0.4, -0.2) is 0 Å². The molecule has 0 spiro atoms. The molecule has 2 heteroatoms. The van der Waals surface area contributed by atoms with Gasteiger partial charge in [0.05, 0.1) is 0 Å². The van der Waals surface area contributed by atoms with E-state index >= 15 is 0 Å². The molecular formula is C16H20FN. The predicted molar refractivity (Wildman–Crippen MR) is 69.4 cm³/mol. The van der Waals surface area contributed by atoms with E-state index in [1.807, 2.05) is 12.1 Å². The van der Waals surface area contributed by atoms with Crippen LogP contribution < -0.4 is 5.73 Å². The van der Waals surface area contributed by atoms with Crippen LogP contribution in [0.2, 0.25) is 0 Å². The van der Waals surface area contributed by atoms with E-state index in [9.17, 15) is 4.39 Å². The summed E-state index contributed by atoms with van der Waals surface area (Å²) in [7, 11) is 0. The van der Waals surface area contributed by atoms with Crippen molar-refractivity contribution in [3.63, 3.8) is 0 Å². The lowest BCUT2D eigenvalue weighted by atomic mass is 9.93. The van der Waals surface area contributed by atoms with Crippen LogP contribution in [0.25, 0.3) is 0 Å². The zero-order chi connectivity index (χ0) is 12.4. The van der Waals surface area contributed by atoms with Crippen molar-refractivity contribution < 1.29 is 4.39 Å². The molecule has 1 aromatic rings. The molecule has 3 fully saturated rings. The molecule has 5 atom stereocenters. The van der Waals surface area contributed by atoms with Gasteiger partial charge in [-0.3, -0.25) is 0 Å². The van der Waals surface area contributed by atoms with E-state index in [0.717, 1.165) is 29.2 Å². The van der Waals surface area contributed by atoms with Crippen LogP contribution in [0.1, 0.15) is 36.4 Å². The summed E-state index contributed by atoms with van der Waals surface area (Å²) in [5.74, 6) is 4.12. The first-order valence-electron chi connectivity index (χ1n) is 7.18. The molecule has 3 saturated carbocycles. The Morgan fingerprint density at radius 2 is 1.89 bits per heavy atom. The van der Waals surface area contributed by atoms with Gasteiger partial charge >= 0.3 is 0 Å². The number of rotatable bonds is 2. The lowest BCUT2D eigenvalue weighted by Gasteiger charge is -2.17. The summed E-state index contributed by atoms with van der Waals surface area (Å²) in [6, 6.07) is 5.57. The largest absolute Gasteiger partial charge is 0.324 e. The molecule has 0 aromatic heterocycles. The Kier molecular flexibility index (Phi) is 2.18. The Balaban J connectivity index is 1.58. The maximum Gasteiger partial charge on any atom is 0.126 e. The van der Waals surface area contributed by atoms with E-state index in [0.29, 0.717) is 11.5 Å². The fraction of sp³-hybridized carbons (Fsp3) is 0.625. The normalized spacial score (nSPS) is 41.8. The van der Waals surface area contributed by atoms with Gasteiger partial charge in [-0.1, -0.05) is 12.1 Å². The van der Waals surface area contributed by atoms with E-state index in [1.165, 1.54) is 19.3 Å². The van der Waals surface area contributed by atoms with Crippen LogP contribution in [0.5, 0.6) is 0 Å². The van der Waals surface area contributed by atoms with Crippen molar-refractivity contribution >= 4 is 0 Å². The van der Waals surface area contributed by atoms with Crippen LogP contribution in [0.4, 0.5) is 4.39 Å². The summed E-state index contributed by atoms with van der Waals surface area (Å²) in [4.78, 5) is 0. The first-order valence-corrected chi connectivity index (χ1v) is 7.18. The van der Waals surface area contributed by atoms with Crippen molar-refractivity contribution in [2.75, 3.05) is 0 Å². The highest BCUT2D eigenvalue weighted by Gasteiger charge is 2.66. The minimum absolute atomic E-state index is 0.0542. The molecule has 18 heavy (non-hydrogen) atoms. The Morgan fingerprint density at radius 3 is 2.50 bits per heavy atom. The molecule has 5 unspecified atom stereocenters. The first kappa shape index (κ1) is 11.0. The molecule has 96 valence electrons. The summed E-state index contributed by atoms with van der Waals surface area (Å²) in [5, 5.41) is 0. The fourth-order valence-electron chi connectivity index (χ4n) is 4.91. The van der Waals surface area contributed by atoms with Gasteiger partial charge in [-0.25, -0.2) is 4.39 Å². The third-order valence-corrected chi connectivity index (χ3v) is 5.79. The third kappa shape index (κ3) is 1.36. The van der Waals surface area contributed by atoms with Crippen molar-refractivity contribution in [3.8, 4) is 0 Å². The Morgan fingerprint density at radius 1 is 1.22 bits per heavy atom. The van der Waals surface area contributed by atoms with Gasteiger partial charge in [0.15, 0.2) is 0 Å². The summed E-state index contributed by atoms with van der Waals surface area (Å²) in [5.41, 5.74) is 8.10. The second-order valence-electron chi connectivity index (χ2n) is 6.60. The van der Waals surface area contributed by atoms with Crippen LogP contribution in [0, 0.1) is 42.3 Å². The minimum Gasteiger partial charge on any atom is -0.324 e. The molecule has 0 saturated heterocycles. The van der Waals surface area contributed by atoms with E-state index in [-0.39, 0.29) is 11.9 Å². The number of hydrogen-bond acceptors (Lipinski definition) is 1. The van der Waals surface area contributed by atoms with Crippen LogP contribution in [0.3, 0.4) is 0 Å². The van der Waals surface area contributed by atoms with Crippen LogP contribution >= 0.6 is 0 Å². The molecule has 2 N–H and O–H groups in total. The highest BCUT2D eigenvalue weighted by Crippen LogP contribution is 2.71. The second kappa shape index (κ2) is 3.57. The zero-order valence-corrected chi connectivity index (χ0v) is 10.8. The third-order valence-electron chi connectivity index (χ3n) is 5.79. The maximum atomic E-state index is 13.6. The van der Waals surface area contributed by atoms with Crippen LogP contribution in [-0.2, 0) is 0 Å². The zero-order valence-electron chi connectivity index (χ0n) is 10.8. The lowest BCUT2D eigenvalue weighted by Crippen LogP contribution is -2.17. The Labute approximate surface area is 108 Å². The van der Waals surface area contributed by atoms with E-state index in [4.69, 9.17) is 5.73 Å². The van der Waals surface area contributed by atoms with Crippen molar-refractivity contribution in [1.82, 2.24) is 0 Å². The van der Waals surface area contributed by atoms with Crippen molar-refractivity contribution in [3.05, 3.63) is 35.1 Å². The molecule has 0 heterocycles. The fourth-order valence-corrected chi connectivity index (χ4v) is 4.91. The molecule has 0 amide bonds. The minimum atomic E-state index is -0.114. The SMILES string of the molecule is Cc1ccc(C(N)C2C3C4CCC(C4)C32)cc1F. The summed E-state index contributed by atoms with van der Waals surface area (Å²) in [6.45, 7) is 1.80. The van der Waals surface area contributed by atoms with Gasteiger partial charge < -0.3 is 5.73 Å². The van der Waals surface area contributed by atoms with E-state index < -0.39 is 0 Å². The number of hydrogen-bond donors (Lipinski definition) is 1. The molecule has 3 aliphatic carbocycles. The van der Waals surface area contributed by atoms with Gasteiger partial charge in [0, 0.05) is 6.04 Å². The van der Waals surface area contributed by atoms with Gasteiger partial charge in [-0.2, -0.15) is 0 Å². The molecule has 0 radical (unpaired) electrons. The second-order valence-corrected chi connectivity index (χ2v) is 6.60. The highest BCUT2D eigenvalue weighted by atomic mass is 19.1. The standard InChI is InChI=1S/C16H20FN/c1-8-2-3-11(7-12(8)17)16(18)15-13-9-4-5-10(6-9)14(13)15/h2-3,7,9-10,13-16H,4-6,18H2,1H3. The molecule has 1 aromatic carbocycles. The van der Waals surface area contributed by atoms with E-state index in [2.05, 4.69) is 0 Å². The molecule has 1 nitrogen and oxygen atoms in total. The van der Waals surface area contributed by atoms with Crippen LogP contribution in [0.15, 0.2) is 18.2 Å². The number of benzene rings is 1. The van der Waals surface area contributed by atoms with Crippen molar-refractivity contribution in [1.29, 1.82) is 0 Å². The number of fused-ring (bicyclic) bond motifs is 5. The highest BCUT2D eigenvalue weighted by molar-refractivity contribution is 5.29. The Bertz CT molecular complexity index is 482. The lowest BCUT2D eigenvalue weighted by molar-refractivity contribution is 0.417. The average Bonchev–Trinajstić information content (AvgIpc) is 2.80. The summed E-state index contributed by atoms with van der Waals surface area (Å²) < 4.78 is 13.6. The van der Waals surface area contributed by atoms with Crippen molar-refractivity contribution in [2.45, 2.75) is 32.2 Å². The van der Waals surface area contributed by atoms with Gasteiger partial charge in [0.25, 0.3) is 0 Å². The maximum absolute atomic E-state index is 13.6. The monoisotopic (exact) mass is 245 g/mol. The number of halogens is 1. The quantitative estimate of drug-likeness (QED) is 0.848. The van der Waals surface area contributed by atoms with Gasteiger partial charge in [0.2, 0.25) is 0 Å². The molecule has 4 rings (SSSR count). The van der Waals surface area contributed by atoms with Gasteiger partial charge in [-0.05, 0) is 73.0 Å². The summed E-state index contributed by atoms with van der Waals surface area (Å²) in [6.07, 6.45) is 4.27. The number of nitrogens with two attached hydrogens (primary N) is 1. The molecular weight excluding hydrogens is 225 g/mol. The summed E-state index contributed by atoms with van der Waals surface area (Å²) >= 11 is 0. The van der Waals surface area contributed by atoms with E-state index in [1.54, 1.807) is 13.0 Å². The predicted octanol–water partition coefficient (Wildman–Crippen LogP) is 3.43. The van der Waals surface area contributed by atoms with Gasteiger partial charge in [0.1, 0.15) is 5.82 Å². The molecule has 2 bridgehead atoms. The first-order chi connectivity index (χ1) is 8.66. The molecule has 0 aliphatic heterocycles. The smallest absolute Gasteiger partial charge is 0.126 e.